The van der Waals surface area contributed by atoms with Gasteiger partial charge in [0.2, 0.25) is 5.88 Å². The molecule has 0 aliphatic rings. The van der Waals surface area contributed by atoms with Gasteiger partial charge in [0.25, 0.3) is 0 Å². The van der Waals surface area contributed by atoms with Crippen molar-refractivity contribution in [2.75, 3.05) is 6.61 Å². The molecule has 0 aromatic carbocycles. The molecular weight excluding hydrogens is 261 g/mol. The third kappa shape index (κ3) is 4.38. The van der Waals surface area contributed by atoms with Crippen LogP contribution in [0.25, 0.3) is 0 Å². The lowest BCUT2D eigenvalue weighted by Gasteiger charge is -2.12. The average Bonchev–Trinajstić information content (AvgIpc) is 2.27. The Morgan fingerprint density at radius 2 is 1.95 bits per heavy atom. The van der Waals surface area contributed by atoms with Crippen LogP contribution in [0.2, 0.25) is 0 Å². The van der Waals surface area contributed by atoms with Crippen molar-refractivity contribution in [3.8, 4) is 5.88 Å². The molecule has 0 unspecified atom stereocenters. The number of alkyl halides is 3. The molecule has 1 heterocycles. The first kappa shape index (κ1) is 15.2. The van der Waals surface area contributed by atoms with Crippen LogP contribution in [-0.4, -0.2) is 28.8 Å². The standard InChI is InChI=1S/C11H15F3N4O/c1-6-7(2)17-18-10(8(6)9(15)16)19-5-3-4-11(12,13)14/h3-5H2,1-2H3,(H3,15,16). The summed E-state index contributed by atoms with van der Waals surface area (Å²) in [6.45, 7) is 3.24. The van der Waals surface area contributed by atoms with Crippen LogP contribution in [-0.2, 0) is 0 Å². The van der Waals surface area contributed by atoms with Gasteiger partial charge in [0.15, 0.2) is 0 Å². The van der Waals surface area contributed by atoms with Gasteiger partial charge in [-0.05, 0) is 25.8 Å². The number of amidine groups is 1. The fraction of sp³-hybridized carbons (Fsp3) is 0.545. The van der Waals surface area contributed by atoms with Crippen molar-refractivity contribution in [2.45, 2.75) is 32.9 Å². The first-order chi connectivity index (χ1) is 8.72. The summed E-state index contributed by atoms with van der Waals surface area (Å²) in [5.41, 5.74) is 6.91. The SMILES string of the molecule is Cc1nnc(OCCCC(F)(F)F)c(C(=N)N)c1C. The topological polar surface area (TPSA) is 84.9 Å². The molecule has 0 aliphatic carbocycles. The molecule has 0 fully saturated rings. The summed E-state index contributed by atoms with van der Waals surface area (Å²) in [6.07, 6.45) is -5.32. The van der Waals surface area contributed by atoms with Crippen LogP contribution in [0.1, 0.15) is 29.7 Å². The number of nitrogens with one attached hydrogen (secondary N) is 1. The summed E-state index contributed by atoms with van der Waals surface area (Å²) in [5, 5.41) is 15.0. The second-order valence-electron chi connectivity index (χ2n) is 4.07. The molecule has 19 heavy (non-hydrogen) atoms. The number of halogens is 3. The molecule has 1 aromatic rings. The zero-order valence-electron chi connectivity index (χ0n) is 10.6. The van der Waals surface area contributed by atoms with Gasteiger partial charge in [-0.3, -0.25) is 5.41 Å². The summed E-state index contributed by atoms with van der Waals surface area (Å²) in [7, 11) is 0. The minimum Gasteiger partial charge on any atom is -0.476 e. The summed E-state index contributed by atoms with van der Waals surface area (Å²) in [6, 6.07) is 0. The van der Waals surface area contributed by atoms with E-state index in [1.165, 1.54) is 0 Å². The van der Waals surface area contributed by atoms with Crippen molar-refractivity contribution in [2.24, 2.45) is 5.73 Å². The highest BCUT2D eigenvalue weighted by atomic mass is 19.4. The van der Waals surface area contributed by atoms with Crippen LogP contribution in [0.15, 0.2) is 0 Å². The Labute approximate surface area is 108 Å². The number of aryl methyl sites for hydroxylation is 1. The summed E-state index contributed by atoms with van der Waals surface area (Å²) in [5.74, 6) is -0.251. The molecule has 0 radical (unpaired) electrons. The van der Waals surface area contributed by atoms with Gasteiger partial charge >= 0.3 is 6.18 Å². The lowest BCUT2D eigenvalue weighted by Crippen LogP contribution is -2.18. The van der Waals surface area contributed by atoms with Gasteiger partial charge in [-0.1, -0.05) is 0 Å². The minimum absolute atomic E-state index is 0.00206. The highest BCUT2D eigenvalue weighted by Gasteiger charge is 2.26. The van der Waals surface area contributed by atoms with Gasteiger partial charge in [0, 0.05) is 6.42 Å². The Bertz CT molecular complexity index is 474. The highest BCUT2D eigenvalue weighted by molar-refractivity contribution is 5.98. The van der Waals surface area contributed by atoms with E-state index < -0.39 is 12.6 Å². The van der Waals surface area contributed by atoms with E-state index in [-0.39, 0.29) is 30.3 Å². The van der Waals surface area contributed by atoms with E-state index >= 15 is 0 Å². The van der Waals surface area contributed by atoms with Crippen LogP contribution < -0.4 is 10.5 Å². The predicted molar refractivity (Wildman–Crippen MR) is 63.3 cm³/mol. The van der Waals surface area contributed by atoms with Crippen molar-refractivity contribution >= 4 is 5.84 Å². The smallest absolute Gasteiger partial charge is 0.389 e. The van der Waals surface area contributed by atoms with Gasteiger partial charge in [0.1, 0.15) is 5.84 Å². The average molecular weight is 276 g/mol. The number of nitrogens with zero attached hydrogens (tertiary/aromatic N) is 2. The number of ether oxygens (including phenoxy) is 1. The first-order valence-corrected chi connectivity index (χ1v) is 5.60. The number of hydrogen-bond acceptors (Lipinski definition) is 4. The molecule has 3 N–H and O–H groups in total. The van der Waals surface area contributed by atoms with E-state index in [0.29, 0.717) is 11.3 Å². The monoisotopic (exact) mass is 276 g/mol. The third-order valence-corrected chi connectivity index (χ3v) is 2.54. The molecule has 0 saturated carbocycles. The van der Waals surface area contributed by atoms with Gasteiger partial charge < -0.3 is 10.5 Å². The second-order valence-corrected chi connectivity index (χ2v) is 4.07. The number of rotatable bonds is 5. The van der Waals surface area contributed by atoms with E-state index in [1.54, 1.807) is 13.8 Å². The summed E-state index contributed by atoms with van der Waals surface area (Å²) < 4.78 is 41.0. The number of nitrogen functional groups attached to an aromatic ring is 1. The number of aromatic nitrogens is 2. The molecule has 1 rings (SSSR count). The Kier molecular flexibility index (Phi) is 4.68. The zero-order chi connectivity index (χ0) is 14.6. The molecule has 0 amide bonds. The largest absolute Gasteiger partial charge is 0.476 e. The maximum atomic E-state index is 12.0. The van der Waals surface area contributed by atoms with Crippen LogP contribution in [0.5, 0.6) is 5.88 Å². The van der Waals surface area contributed by atoms with Crippen molar-refractivity contribution < 1.29 is 17.9 Å². The van der Waals surface area contributed by atoms with E-state index in [9.17, 15) is 13.2 Å². The van der Waals surface area contributed by atoms with E-state index in [2.05, 4.69) is 10.2 Å². The molecule has 5 nitrogen and oxygen atoms in total. The van der Waals surface area contributed by atoms with Crippen molar-refractivity contribution in [3.05, 3.63) is 16.8 Å². The minimum atomic E-state index is -4.21. The Morgan fingerprint density at radius 3 is 2.47 bits per heavy atom. The fourth-order valence-electron chi connectivity index (χ4n) is 1.45. The van der Waals surface area contributed by atoms with Gasteiger partial charge in [-0.25, -0.2) is 0 Å². The molecule has 1 aromatic heterocycles. The van der Waals surface area contributed by atoms with Crippen molar-refractivity contribution in [1.82, 2.24) is 10.2 Å². The number of nitrogens with two attached hydrogens (primary N) is 1. The maximum Gasteiger partial charge on any atom is 0.389 e. The van der Waals surface area contributed by atoms with Gasteiger partial charge in [0.05, 0.1) is 17.9 Å². The van der Waals surface area contributed by atoms with Crippen LogP contribution >= 0.6 is 0 Å². The second kappa shape index (κ2) is 5.85. The van der Waals surface area contributed by atoms with E-state index in [4.69, 9.17) is 15.9 Å². The van der Waals surface area contributed by atoms with Crippen molar-refractivity contribution in [1.29, 1.82) is 5.41 Å². The predicted octanol–water partition coefficient (Wildman–Crippen LogP) is 2.10. The van der Waals surface area contributed by atoms with E-state index in [1.807, 2.05) is 0 Å². The Balaban J connectivity index is 2.74. The molecular formula is C11H15F3N4O. The molecule has 0 spiro atoms. The molecule has 0 saturated heterocycles. The van der Waals surface area contributed by atoms with Gasteiger partial charge in [-0.15, -0.1) is 5.10 Å². The third-order valence-electron chi connectivity index (χ3n) is 2.54. The quantitative estimate of drug-likeness (QED) is 0.490. The molecule has 8 heteroatoms. The van der Waals surface area contributed by atoms with Crippen LogP contribution in [0, 0.1) is 19.3 Å². The summed E-state index contributed by atoms with van der Waals surface area (Å²) >= 11 is 0. The fourth-order valence-corrected chi connectivity index (χ4v) is 1.45. The highest BCUT2D eigenvalue weighted by Crippen LogP contribution is 2.23. The summed E-state index contributed by atoms with van der Waals surface area (Å²) in [4.78, 5) is 0. The zero-order valence-corrected chi connectivity index (χ0v) is 10.6. The molecule has 106 valence electrons. The first-order valence-electron chi connectivity index (χ1n) is 5.60. The Morgan fingerprint density at radius 1 is 1.32 bits per heavy atom. The van der Waals surface area contributed by atoms with Crippen LogP contribution in [0.4, 0.5) is 13.2 Å². The van der Waals surface area contributed by atoms with Gasteiger partial charge in [-0.2, -0.15) is 18.3 Å². The lowest BCUT2D eigenvalue weighted by molar-refractivity contribution is -0.136. The Hall–Kier alpha value is -1.86. The maximum absolute atomic E-state index is 12.0. The van der Waals surface area contributed by atoms with Crippen LogP contribution in [0.3, 0.4) is 0 Å². The molecule has 0 aliphatic heterocycles. The molecule has 0 atom stereocenters. The normalized spacial score (nSPS) is 11.4. The van der Waals surface area contributed by atoms with E-state index in [0.717, 1.165) is 0 Å². The lowest BCUT2D eigenvalue weighted by atomic mass is 10.1. The molecule has 0 bridgehead atoms. The van der Waals surface area contributed by atoms with Crippen molar-refractivity contribution in [3.63, 3.8) is 0 Å². The number of hydrogen-bond donors (Lipinski definition) is 2.